The predicted molar refractivity (Wildman–Crippen MR) is 82.1 cm³/mol. The highest BCUT2D eigenvalue weighted by Gasteiger charge is 2.09. The molecule has 0 saturated carbocycles. The van der Waals surface area contributed by atoms with Crippen molar-refractivity contribution in [3.63, 3.8) is 0 Å². The molecular formula is C13H12BrN3O2S. The molecule has 1 heterocycles. The minimum absolute atomic E-state index is 0.0272. The second-order valence-electron chi connectivity index (χ2n) is 3.94. The van der Waals surface area contributed by atoms with Crippen LogP contribution in [0.5, 0.6) is 0 Å². The minimum Gasteiger partial charge on any atom is -0.409 e. The van der Waals surface area contributed by atoms with Gasteiger partial charge in [0, 0.05) is 20.5 Å². The maximum atomic E-state index is 12.0. The third-order valence-corrected chi connectivity index (χ3v) is 4.56. The first-order valence-corrected chi connectivity index (χ1v) is 7.37. The second kappa shape index (κ2) is 6.53. The van der Waals surface area contributed by atoms with Crippen LogP contribution in [0.15, 0.2) is 45.3 Å². The number of halogens is 1. The van der Waals surface area contributed by atoms with E-state index in [-0.39, 0.29) is 11.7 Å². The zero-order chi connectivity index (χ0) is 14.5. The molecule has 7 heteroatoms. The largest absolute Gasteiger partial charge is 0.409 e. The summed E-state index contributed by atoms with van der Waals surface area (Å²) in [6, 6.07) is 8.54. The molecule has 4 N–H and O–H groups in total. The molecule has 1 aromatic heterocycles. The fourth-order valence-electron chi connectivity index (χ4n) is 1.59. The first-order chi connectivity index (χ1) is 9.61. The number of thiophene rings is 1. The summed E-state index contributed by atoms with van der Waals surface area (Å²) >= 11 is 4.98. The SMILES string of the molecule is N/C(=N/O)c1cccc(C(=O)NCc2sccc2Br)c1. The van der Waals surface area contributed by atoms with E-state index < -0.39 is 0 Å². The smallest absolute Gasteiger partial charge is 0.251 e. The van der Waals surface area contributed by atoms with Gasteiger partial charge in [-0.05, 0) is 39.5 Å². The molecule has 1 aromatic carbocycles. The number of oxime groups is 1. The van der Waals surface area contributed by atoms with Gasteiger partial charge in [0.25, 0.3) is 5.91 Å². The van der Waals surface area contributed by atoms with Gasteiger partial charge in [0.15, 0.2) is 5.84 Å². The van der Waals surface area contributed by atoms with Crippen LogP contribution in [-0.4, -0.2) is 17.0 Å². The van der Waals surface area contributed by atoms with Crippen molar-refractivity contribution in [2.24, 2.45) is 10.9 Å². The first-order valence-electron chi connectivity index (χ1n) is 5.70. The third kappa shape index (κ3) is 3.37. The van der Waals surface area contributed by atoms with Crippen LogP contribution in [0, 0.1) is 0 Å². The van der Waals surface area contributed by atoms with Gasteiger partial charge in [-0.15, -0.1) is 11.3 Å². The summed E-state index contributed by atoms with van der Waals surface area (Å²) in [6.07, 6.45) is 0. The summed E-state index contributed by atoms with van der Waals surface area (Å²) in [5, 5.41) is 16.3. The molecule has 0 atom stereocenters. The number of carbonyl (C=O) groups is 1. The van der Waals surface area contributed by atoms with Crippen molar-refractivity contribution in [3.05, 3.63) is 56.2 Å². The molecule has 5 nitrogen and oxygen atoms in total. The molecule has 0 aliphatic rings. The Labute approximate surface area is 128 Å². The average Bonchev–Trinajstić information content (AvgIpc) is 2.89. The fourth-order valence-corrected chi connectivity index (χ4v) is 3.02. The highest BCUT2D eigenvalue weighted by Crippen LogP contribution is 2.22. The molecule has 0 saturated heterocycles. The van der Waals surface area contributed by atoms with Crippen molar-refractivity contribution in [2.75, 3.05) is 0 Å². The molecule has 2 rings (SSSR count). The lowest BCUT2D eigenvalue weighted by Gasteiger charge is -2.06. The van der Waals surface area contributed by atoms with Crippen molar-refractivity contribution in [2.45, 2.75) is 6.54 Å². The molecule has 1 amide bonds. The molecular weight excluding hydrogens is 342 g/mol. The van der Waals surface area contributed by atoms with Crippen LogP contribution >= 0.6 is 27.3 Å². The second-order valence-corrected chi connectivity index (χ2v) is 5.80. The Morgan fingerprint density at radius 3 is 2.80 bits per heavy atom. The van der Waals surface area contributed by atoms with Crippen molar-refractivity contribution in [1.29, 1.82) is 0 Å². The number of benzene rings is 1. The van der Waals surface area contributed by atoms with Crippen LogP contribution in [0.2, 0.25) is 0 Å². The number of rotatable bonds is 4. The summed E-state index contributed by atoms with van der Waals surface area (Å²) < 4.78 is 0.980. The number of nitrogens with one attached hydrogen (secondary N) is 1. The highest BCUT2D eigenvalue weighted by molar-refractivity contribution is 9.10. The van der Waals surface area contributed by atoms with E-state index in [0.717, 1.165) is 9.35 Å². The minimum atomic E-state index is -0.210. The van der Waals surface area contributed by atoms with E-state index in [1.54, 1.807) is 35.6 Å². The number of carbonyl (C=O) groups excluding carboxylic acids is 1. The number of hydrogen-bond acceptors (Lipinski definition) is 4. The summed E-state index contributed by atoms with van der Waals surface area (Å²) in [5.41, 5.74) is 6.46. The van der Waals surface area contributed by atoms with Gasteiger partial charge in [-0.3, -0.25) is 4.79 Å². The Bertz CT molecular complexity index is 655. The van der Waals surface area contributed by atoms with Crippen molar-refractivity contribution in [3.8, 4) is 0 Å². The quantitative estimate of drug-likeness (QED) is 0.341. The molecule has 0 unspecified atom stereocenters. The maximum Gasteiger partial charge on any atom is 0.251 e. The highest BCUT2D eigenvalue weighted by atomic mass is 79.9. The monoisotopic (exact) mass is 353 g/mol. The molecule has 0 radical (unpaired) electrons. The number of amidine groups is 1. The van der Waals surface area contributed by atoms with Crippen LogP contribution in [-0.2, 0) is 6.54 Å². The van der Waals surface area contributed by atoms with E-state index in [4.69, 9.17) is 10.9 Å². The topological polar surface area (TPSA) is 87.7 Å². The molecule has 104 valence electrons. The standard InChI is InChI=1S/C13H12BrN3O2S/c14-10-4-5-20-11(10)7-16-13(18)9-3-1-2-8(6-9)12(15)17-19/h1-6,19H,7H2,(H2,15,17)(H,16,18). The molecule has 0 fully saturated rings. The van der Waals surface area contributed by atoms with Gasteiger partial charge >= 0.3 is 0 Å². The van der Waals surface area contributed by atoms with Crippen molar-refractivity contribution >= 4 is 39.0 Å². The summed E-state index contributed by atoms with van der Waals surface area (Å²) in [4.78, 5) is 13.1. The Balaban J connectivity index is 2.08. The van der Waals surface area contributed by atoms with E-state index in [0.29, 0.717) is 17.7 Å². The van der Waals surface area contributed by atoms with Crippen molar-refractivity contribution in [1.82, 2.24) is 5.32 Å². The lowest BCUT2D eigenvalue weighted by atomic mass is 10.1. The molecule has 0 aliphatic heterocycles. The third-order valence-electron chi connectivity index (χ3n) is 2.63. The number of nitrogens with zero attached hydrogens (tertiary/aromatic N) is 1. The summed E-state index contributed by atoms with van der Waals surface area (Å²) in [6.45, 7) is 0.449. The first kappa shape index (κ1) is 14.5. The van der Waals surface area contributed by atoms with E-state index >= 15 is 0 Å². The Hall–Kier alpha value is -1.86. The van der Waals surface area contributed by atoms with E-state index in [9.17, 15) is 4.79 Å². The Morgan fingerprint density at radius 1 is 1.40 bits per heavy atom. The summed E-state index contributed by atoms with van der Waals surface area (Å²) in [5.74, 6) is -0.237. The van der Waals surface area contributed by atoms with Crippen molar-refractivity contribution < 1.29 is 10.0 Å². The van der Waals surface area contributed by atoms with Gasteiger partial charge < -0.3 is 16.3 Å². The number of hydrogen-bond donors (Lipinski definition) is 3. The lowest BCUT2D eigenvalue weighted by Crippen LogP contribution is -2.23. The van der Waals surface area contributed by atoms with Crippen LogP contribution in [0.25, 0.3) is 0 Å². The molecule has 0 spiro atoms. The maximum absolute atomic E-state index is 12.0. The molecule has 2 aromatic rings. The summed E-state index contributed by atoms with van der Waals surface area (Å²) in [7, 11) is 0. The van der Waals surface area contributed by atoms with Gasteiger partial charge in [-0.1, -0.05) is 17.3 Å². The zero-order valence-electron chi connectivity index (χ0n) is 10.3. The fraction of sp³-hybridized carbons (Fsp3) is 0.0769. The van der Waals surface area contributed by atoms with Gasteiger partial charge in [0.1, 0.15) is 0 Å². The van der Waals surface area contributed by atoms with Crippen LogP contribution in [0.3, 0.4) is 0 Å². The van der Waals surface area contributed by atoms with Gasteiger partial charge in [0.05, 0.1) is 6.54 Å². The molecule has 0 aliphatic carbocycles. The van der Waals surface area contributed by atoms with E-state index in [2.05, 4.69) is 26.4 Å². The normalized spacial score (nSPS) is 11.3. The predicted octanol–water partition coefficient (Wildman–Crippen LogP) is 2.54. The van der Waals surface area contributed by atoms with Crippen LogP contribution in [0.4, 0.5) is 0 Å². The lowest BCUT2D eigenvalue weighted by molar-refractivity contribution is 0.0951. The van der Waals surface area contributed by atoms with Gasteiger partial charge in [-0.2, -0.15) is 0 Å². The Kier molecular flexibility index (Phi) is 4.75. The van der Waals surface area contributed by atoms with Crippen LogP contribution in [0.1, 0.15) is 20.8 Å². The molecule has 20 heavy (non-hydrogen) atoms. The van der Waals surface area contributed by atoms with E-state index in [1.807, 2.05) is 11.4 Å². The molecule has 0 bridgehead atoms. The van der Waals surface area contributed by atoms with Gasteiger partial charge in [-0.25, -0.2) is 0 Å². The van der Waals surface area contributed by atoms with Gasteiger partial charge in [0.2, 0.25) is 0 Å². The van der Waals surface area contributed by atoms with E-state index in [1.165, 1.54) is 0 Å². The Morgan fingerprint density at radius 2 is 2.15 bits per heavy atom. The van der Waals surface area contributed by atoms with Crippen LogP contribution < -0.4 is 11.1 Å². The average molecular weight is 354 g/mol. The number of nitrogens with two attached hydrogens (primary N) is 1. The number of amides is 1. The zero-order valence-corrected chi connectivity index (χ0v) is 12.7.